The minimum atomic E-state index is -0.874. The third-order valence-corrected chi connectivity index (χ3v) is 3.45. The van der Waals surface area contributed by atoms with Gasteiger partial charge in [0.15, 0.2) is 11.6 Å². The number of benzene rings is 2. The molecule has 2 nitrogen and oxygen atoms in total. The second-order valence-electron chi connectivity index (χ2n) is 3.91. The van der Waals surface area contributed by atoms with Gasteiger partial charge in [0.2, 0.25) is 0 Å². The molecule has 0 heterocycles. The standard InChI is InChI=1S/C14H12BrF2NO/c1-19-10-5-6-11(15)9(7-10)8-18-13-4-2-3-12(16)14(13)17/h2-7,18H,8H2,1H3. The maximum atomic E-state index is 13.5. The molecule has 0 bridgehead atoms. The van der Waals surface area contributed by atoms with Crippen LogP contribution in [0.1, 0.15) is 5.56 Å². The third-order valence-electron chi connectivity index (χ3n) is 2.67. The number of hydrogen-bond acceptors (Lipinski definition) is 2. The van der Waals surface area contributed by atoms with Gasteiger partial charge in [-0.15, -0.1) is 0 Å². The fourth-order valence-corrected chi connectivity index (χ4v) is 2.03. The Kier molecular flexibility index (Phi) is 4.37. The average molecular weight is 328 g/mol. The van der Waals surface area contributed by atoms with Gasteiger partial charge in [-0.25, -0.2) is 8.78 Å². The monoisotopic (exact) mass is 327 g/mol. The van der Waals surface area contributed by atoms with E-state index in [4.69, 9.17) is 4.74 Å². The smallest absolute Gasteiger partial charge is 0.181 e. The van der Waals surface area contributed by atoms with Gasteiger partial charge in [0.25, 0.3) is 0 Å². The molecule has 0 radical (unpaired) electrons. The molecule has 2 aromatic carbocycles. The number of methoxy groups -OCH3 is 1. The molecule has 0 atom stereocenters. The third kappa shape index (κ3) is 3.23. The molecular formula is C14H12BrF2NO. The topological polar surface area (TPSA) is 21.3 Å². The molecule has 0 fully saturated rings. The molecule has 0 aliphatic rings. The highest BCUT2D eigenvalue weighted by molar-refractivity contribution is 9.10. The van der Waals surface area contributed by atoms with E-state index in [0.717, 1.165) is 16.1 Å². The van der Waals surface area contributed by atoms with Crippen molar-refractivity contribution >= 4 is 21.6 Å². The lowest BCUT2D eigenvalue weighted by Gasteiger charge is -2.10. The predicted octanol–water partition coefficient (Wildman–Crippen LogP) is 4.35. The number of halogens is 3. The lowest BCUT2D eigenvalue weighted by molar-refractivity contribution is 0.414. The average Bonchev–Trinajstić information content (AvgIpc) is 2.42. The molecule has 0 amide bonds. The molecule has 0 unspecified atom stereocenters. The van der Waals surface area contributed by atoms with Crippen LogP contribution in [0.4, 0.5) is 14.5 Å². The van der Waals surface area contributed by atoms with Crippen molar-refractivity contribution in [3.05, 3.63) is 58.1 Å². The highest BCUT2D eigenvalue weighted by atomic mass is 79.9. The summed E-state index contributed by atoms with van der Waals surface area (Å²) in [6, 6.07) is 9.53. The van der Waals surface area contributed by atoms with Crippen molar-refractivity contribution < 1.29 is 13.5 Å². The van der Waals surface area contributed by atoms with Crippen molar-refractivity contribution in [2.75, 3.05) is 12.4 Å². The summed E-state index contributed by atoms with van der Waals surface area (Å²) in [5.41, 5.74) is 1.03. The lowest BCUT2D eigenvalue weighted by Crippen LogP contribution is -2.03. The minimum absolute atomic E-state index is 0.134. The number of nitrogens with one attached hydrogen (secondary N) is 1. The zero-order chi connectivity index (χ0) is 13.8. The Bertz CT molecular complexity index is 590. The zero-order valence-corrected chi connectivity index (χ0v) is 11.8. The first-order valence-corrected chi connectivity index (χ1v) is 6.41. The van der Waals surface area contributed by atoms with Crippen molar-refractivity contribution in [1.82, 2.24) is 0 Å². The van der Waals surface area contributed by atoms with Crippen molar-refractivity contribution in [2.45, 2.75) is 6.54 Å². The summed E-state index contributed by atoms with van der Waals surface area (Å²) in [5.74, 6) is -1.03. The van der Waals surface area contributed by atoms with Crippen LogP contribution in [-0.2, 0) is 6.54 Å². The zero-order valence-electron chi connectivity index (χ0n) is 10.2. The number of anilines is 1. The molecule has 0 saturated carbocycles. The van der Waals surface area contributed by atoms with E-state index in [9.17, 15) is 8.78 Å². The molecule has 0 spiro atoms. The summed E-state index contributed by atoms with van der Waals surface area (Å²) in [4.78, 5) is 0. The first-order valence-electron chi connectivity index (χ1n) is 5.62. The predicted molar refractivity (Wildman–Crippen MR) is 74.4 cm³/mol. The van der Waals surface area contributed by atoms with Gasteiger partial charge in [0, 0.05) is 11.0 Å². The summed E-state index contributed by atoms with van der Waals surface area (Å²) in [6.07, 6.45) is 0. The molecular weight excluding hydrogens is 316 g/mol. The lowest BCUT2D eigenvalue weighted by atomic mass is 10.2. The summed E-state index contributed by atoms with van der Waals surface area (Å²) in [6.45, 7) is 0.359. The van der Waals surface area contributed by atoms with Crippen LogP contribution in [0, 0.1) is 11.6 Å². The number of rotatable bonds is 4. The largest absolute Gasteiger partial charge is 0.497 e. The van der Waals surface area contributed by atoms with E-state index in [1.807, 2.05) is 18.2 Å². The van der Waals surface area contributed by atoms with Gasteiger partial charge in [-0.05, 0) is 35.9 Å². The number of ether oxygens (including phenoxy) is 1. The first kappa shape index (κ1) is 13.8. The van der Waals surface area contributed by atoms with Crippen LogP contribution < -0.4 is 10.1 Å². The van der Waals surface area contributed by atoms with E-state index in [0.29, 0.717) is 12.3 Å². The summed E-state index contributed by atoms with van der Waals surface area (Å²) in [5, 5.41) is 2.86. The normalized spacial score (nSPS) is 10.3. The van der Waals surface area contributed by atoms with Crippen molar-refractivity contribution in [3.8, 4) is 5.75 Å². The van der Waals surface area contributed by atoms with Gasteiger partial charge in [0.05, 0.1) is 12.8 Å². The second-order valence-corrected chi connectivity index (χ2v) is 4.77. The fourth-order valence-electron chi connectivity index (χ4n) is 1.64. The van der Waals surface area contributed by atoms with Crippen LogP contribution in [0.5, 0.6) is 5.75 Å². The van der Waals surface area contributed by atoms with Gasteiger partial charge in [-0.3, -0.25) is 0 Å². The quantitative estimate of drug-likeness (QED) is 0.901. The van der Waals surface area contributed by atoms with Crippen LogP contribution in [0.15, 0.2) is 40.9 Å². The Labute approximate surface area is 118 Å². The van der Waals surface area contributed by atoms with Crippen LogP contribution in [-0.4, -0.2) is 7.11 Å². The van der Waals surface area contributed by atoms with Gasteiger partial charge in [0.1, 0.15) is 5.75 Å². The van der Waals surface area contributed by atoms with Crippen molar-refractivity contribution in [1.29, 1.82) is 0 Å². The Balaban J connectivity index is 2.16. The molecule has 100 valence electrons. The molecule has 2 aromatic rings. The molecule has 0 aliphatic heterocycles. The highest BCUT2D eigenvalue weighted by Gasteiger charge is 2.08. The maximum Gasteiger partial charge on any atom is 0.181 e. The second kappa shape index (κ2) is 6.02. The van der Waals surface area contributed by atoms with E-state index in [2.05, 4.69) is 21.2 Å². The summed E-state index contributed by atoms with van der Waals surface area (Å²) in [7, 11) is 1.58. The van der Waals surface area contributed by atoms with Crippen LogP contribution >= 0.6 is 15.9 Å². The Morgan fingerprint density at radius 2 is 2.00 bits per heavy atom. The van der Waals surface area contributed by atoms with Crippen molar-refractivity contribution in [2.24, 2.45) is 0 Å². The van der Waals surface area contributed by atoms with E-state index in [1.165, 1.54) is 12.1 Å². The highest BCUT2D eigenvalue weighted by Crippen LogP contribution is 2.24. The van der Waals surface area contributed by atoms with E-state index < -0.39 is 11.6 Å². The van der Waals surface area contributed by atoms with E-state index >= 15 is 0 Å². The number of hydrogen-bond donors (Lipinski definition) is 1. The maximum absolute atomic E-state index is 13.5. The Morgan fingerprint density at radius 1 is 1.21 bits per heavy atom. The van der Waals surface area contributed by atoms with E-state index in [1.54, 1.807) is 7.11 Å². The molecule has 2 rings (SSSR count). The fraction of sp³-hybridized carbons (Fsp3) is 0.143. The van der Waals surface area contributed by atoms with Gasteiger partial charge in [-0.1, -0.05) is 22.0 Å². The van der Waals surface area contributed by atoms with Gasteiger partial charge >= 0.3 is 0 Å². The molecule has 0 aromatic heterocycles. The Hall–Kier alpha value is -1.62. The SMILES string of the molecule is COc1ccc(Br)c(CNc2cccc(F)c2F)c1. The molecule has 0 saturated heterocycles. The Morgan fingerprint density at radius 3 is 2.74 bits per heavy atom. The van der Waals surface area contributed by atoms with Gasteiger partial charge < -0.3 is 10.1 Å². The summed E-state index contributed by atoms with van der Waals surface area (Å²) >= 11 is 3.40. The van der Waals surface area contributed by atoms with Crippen LogP contribution in [0.3, 0.4) is 0 Å². The first-order chi connectivity index (χ1) is 9.11. The summed E-state index contributed by atoms with van der Waals surface area (Å²) < 4.78 is 32.5. The molecule has 5 heteroatoms. The van der Waals surface area contributed by atoms with Gasteiger partial charge in [-0.2, -0.15) is 0 Å². The van der Waals surface area contributed by atoms with Crippen molar-refractivity contribution in [3.63, 3.8) is 0 Å². The molecule has 0 aliphatic carbocycles. The minimum Gasteiger partial charge on any atom is -0.497 e. The molecule has 19 heavy (non-hydrogen) atoms. The van der Waals surface area contributed by atoms with Crippen LogP contribution in [0.25, 0.3) is 0 Å². The van der Waals surface area contributed by atoms with E-state index in [-0.39, 0.29) is 5.69 Å². The van der Waals surface area contributed by atoms with Crippen LogP contribution in [0.2, 0.25) is 0 Å². The molecule has 1 N–H and O–H groups in total.